The highest BCUT2D eigenvalue weighted by Gasteiger charge is 2.25. The van der Waals surface area contributed by atoms with Crippen LogP contribution in [0.4, 0.5) is 0 Å². The highest BCUT2D eigenvalue weighted by molar-refractivity contribution is 5.81. The first-order valence-corrected chi connectivity index (χ1v) is 6.56. The van der Waals surface area contributed by atoms with Gasteiger partial charge in [0.1, 0.15) is 0 Å². The summed E-state index contributed by atoms with van der Waals surface area (Å²) >= 11 is 0. The molecule has 0 aromatic heterocycles. The van der Waals surface area contributed by atoms with E-state index in [1.165, 1.54) is 0 Å². The minimum Gasteiger partial charge on any atom is -0.378 e. The van der Waals surface area contributed by atoms with Crippen molar-refractivity contribution >= 4 is 11.8 Å². The van der Waals surface area contributed by atoms with Gasteiger partial charge in [0, 0.05) is 32.1 Å². The number of hydrogen-bond donors (Lipinski definition) is 2. The highest BCUT2D eigenvalue weighted by atomic mass is 16.5. The van der Waals surface area contributed by atoms with Gasteiger partial charge in [0.05, 0.1) is 19.3 Å². The predicted molar refractivity (Wildman–Crippen MR) is 66.0 cm³/mol. The summed E-state index contributed by atoms with van der Waals surface area (Å²) in [6.45, 7) is 5.11. The van der Waals surface area contributed by atoms with Crippen molar-refractivity contribution in [3.63, 3.8) is 0 Å². The summed E-state index contributed by atoms with van der Waals surface area (Å²) in [5, 5.41) is 6.08. The van der Waals surface area contributed by atoms with Gasteiger partial charge in [0.15, 0.2) is 0 Å². The van der Waals surface area contributed by atoms with Crippen LogP contribution in [0.3, 0.4) is 0 Å². The van der Waals surface area contributed by atoms with Gasteiger partial charge >= 0.3 is 0 Å². The molecule has 2 atom stereocenters. The number of carbonyl (C=O) groups is 2. The maximum absolute atomic E-state index is 12.1. The lowest BCUT2D eigenvalue weighted by molar-refractivity contribution is -0.137. The Morgan fingerprint density at radius 2 is 2.28 bits per heavy atom. The minimum atomic E-state index is -0.208. The molecule has 0 saturated carbocycles. The molecule has 102 valence electrons. The number of ether oxygens (including phenoxy) is 1. The average Bonchev–Trinajstić information content (AvgIpc) is 2.82. The summed E-state index contributed by atoms with van der Waals surface area (Å²) in [6, 6.07) is -0.0435. The molecule has 0 aliphatic carbocycles. The second kappa shape index (κ2) is 6.15. The van der Waals surface area contributed by atoms with E-state index in [1.807, 2.05) is 11.8 Å². The van der Waals surface area contributed by atoms with Crippen LogP contribution in [-0.4, -0.2) is 61.6 Å². The highest BCUT2D eigenvalue weighted by Crippen LogP contribution is 2.06. The molecule has 2 N–H and O–H groups in total. The third-order valence-corrected chi connectivity index (χ3v) is 3.45. The number of carbonyl (C=O) groups excluding carboxylic acids is 2. The minimum absolute atomic E-state index is 0.106. The van der Waals surface area contributed by atoms with E-state index in [2.05, 4.69) is 10.6 Å². The van der Waals surface area contributed by atoms with Crippen LogP contribution < -0.4 is 10.6 Å². The molecule has 2 amide bonds. The van der Waals surface area contributed by atoms with Gasteiger partial charge in [-0.3, -0.25) is 9.59 Å². The summed E-state index contributed by atoms with van der Waals surface area (Å²) in [4.78, 5) is 25.0. The van der Waals surface area contributed by atoms with E-state index in [-0.39, 0.29) is 23.9 Å². The summed E-state index contributed by atoms with van der Waals surface area (Å²) in [5.74, 6) is 0.219. The number of nitrogens with one attached hydrogen (secondary N) is 2. The average molecular weight is 255 g/mol. The first-order valence-electron chi connectivity index (χ1n) is 6.56. The Morgan fingerprint density at radius 3 is 2.89 bits per heavy atom. The quantitative estimate of drug-likeness (QED) is 0.683. The summed E-state index contributed by atoms with van der Waals surface area (Å²) in [7, 11) is 0. The third-order valence-electron chi connectivity index (χ3n) is 3.45. The predicted octanol–water partition coefficient (Wildman–Crippen LogP) is -0.898. The topological polar surface area (TPSA) is 70.7 Å². The van der Waals surface area contributed by atoms with Crippen molar-refractivity contribution in [2.45, 2.75) is 31.8 Å². The Labute approximate surface area is 107 Å². The number of hydrogen-bond acceptors (Lipinski definition) is 4. The van der Waals surface area contributed by atoms with Crippen molar-refractivity contribution < 1.29 is 14.3 Å². The van der Waals surface area contributed by atoms with Crippen LogP contribution in [0.5, 0.6) is 0 Å². The molecule has 6 heteroatoms. The molecule has 0 radical (unpaired) electrons. The van der Waals surface area contributed by atoms with Gasteiger partial charge < -0.3 is 20.3 Å². The molecule has 2 saturated heterocycles. The second-order valence-corrected chi connectivity index (χ2v) is 4.87. The lowest BCUT2D eigenvalue weighted by Crippen LogP contribution is -2.51. The molecule has 2 unspecified atom stereocenters. The first kappa shape index (κ1) is 13.3. The number of nitrogens with zero attached hydrogens (tertiary/aromatic N) is 1. The lowest BCUT2D eigenvalue weighted by Gasteiger charge is -2.29. The van der Waals surface area contributed by atoms with E-state index < -0.39 is 0 Å². The molecule has 6 nitrogen and oxygen atoms in total. The van der Waals surface area contributed by atoms with E-state index in [0.717, 1.165) is 6.42 Å². The van der Waals surface area contributed by atoms with Crippen molar-refractivity contribution in [1.29, 1.82) is 0 Å². The molecule has 2 fully saturated rings. The van der Waals surface area contributed by atoms with E-state index in [9.17, 15) is 9.59 Å². The van der Waals surface area contributed by atoms with Crippen molar-refractivity contribution in [1.82, 2.24) is 15.5 Å². The maximum Gasteiger partial charge on any atom is 0.239 e. The van der Waals surface area contributed by atoms with Crippen molar-refractivity contribution in [2.75, 3.05) is 32.8 Å². The monoisotopic (exact) mass is 255 g/mol. The van der Waals surface area contributed by atoms with E-state index in [0.29, 0.717) is 39.3 Å². The number of morpholine rings is 1. The normalized spacial score (nSPS) is 25.9. The van der Waals surface area contributed by atoms with Crippen LogP contribution in [0.2, 0.25) is 0 Å². The third kappa shape index (κ3) is 3.43. The van der Waals surface area contributed by atoms with Crippen molar-refractivity contribution in [3.8, 4) is 0 Å². The van der Waals surface area contributed by atoms with Crippen LogP contribution in [0, 0.1) is 0 Å². The molecular weight excluding hydrogens is 234 g/mol. The van der Waals surface area contributed by atoms with Crippen LogP contribution in [0.15, 0.2) is 0 Å². The molecule has 2 aliphatic rings. The fraction of sp³-hybridized carbons (Fsp3) is 0.833. The molecule has 18 heavy (non-hydrogen) atoms. The first-order chi connectivity index (χ1) is 8.66. The molecule has 0 aromatic carbocycles. The summed E-state index contributed by atoms with van der Waals surface area (Å²) in [5.41, 5.74) is 0. The van der Waals surface area contributed by atoms with Gasteiger partial charge in [-0.15, -0.1) is 0 Å². The molecule has 2 rings (SSSR count). The van der Waals surface area contributed by atoms with Gasteiger partial charge in [-0.2, -0.15) is 0 Å². The number of amides is 2. The van der Waals surface area contributed by atoms with Gasteiger partial charge in [0.25, 0.3) is 0 Å². The largest absolute Gasteiger partial charge is 0.378 e. The zero-order chi connectivity index (χ0) is 13.0. The molecule has 2 aliphatic heterocycles. The van der Waals surface area contributed by atoms with Crippen molar-refractivity contribution in [2.24, 2.45) is 0 Å². The van der Waals surface area contributed by atoms with Gasteiger partial charge in [0.2, 0.25) is 11.8 Å². The van der Waals surface area contributed by atoms with Crippen molar-refractivity contribution in [3.05, 3.63) is 0 Å². The summed E-state index contributed by atoms with van der Waals surface area (Å²) in [6.07, 6.45) is 1.45. The molecule has 0 spiro atoms. The Kier molecular flexibility index (Phi) is 4.54. The fourth-order valence-electron chi connectivity index (χ4n) is 2.29. The summed E-state index contributed by atoms with van der Waals surface area (Å²) < 4.78 is 5.22. The molecule has 0 aromatic rings. The fourth-order valence-corrected chi connectivity index (χ4v) is 2.29. The maximum atomic E-state index is 12.1. The van der Waals surface area contributed by atoms with Crippen LogP contribution in [0.25, 0.3) is 0 Å². The second-order valence-electron chi connectivity index (χ2n) is 4.87. The molecule has 2 heterocycles. The molecular formula is C12H21N3O3. The zero-order valence-corrected chi connectivity index (χ0v) is 10.8. The Bertz CT molecular complexity index is 316. The Balaban J connectivity index is 1.71. The van der Waals surface area contributed by atoms with Gasteiger partial charge in [-0.05, 0) is 13.3 Å². The smallest absolute Gasteiger partial charge is 0.239 e. The Hall–Kier alpha value is -1.14. The zero-order valence-electron chi connectivity index (χ0n) is 10.8. The van der Waals surface area contributed by atoms with Gasteiger partial charge in [-0.1, -0.05) is 0 Å². The van der Waals surface area contributed by atoms with Crippen LogP contribution >= 0.6 is 0 Å². The van der Waals surface area contributed by atoms with Crippen LogP contribution in [0.1, 0.15) is 19.8 Å². The van der Waals surface area contributed by atoms with E-state index >= 15 is 0 Å². The lowest BCUT2D eigenvalue weighted by atomic mass is 10.2. The standard InChI is InChI=1S/C12H21N3O3/c1-9(12(17)15-4-6-18-7-5-15)13-8-10-2-3-11(16)14-10/h9-10,13H,2-8H2,1H3,(H,14,16). The number of rotatable bonds is 4. The SMILES string of the molecule is CC(NCC1CCC(=O)N1)C(=O)N1CCOCC1. The van der Waals surface area contributed by atoms with Crippen LogP contribution in [-0.2, 0) is 14.3 Å². The Morgan fingerprint density at radius 1 is 1.56 bits per heavy atom. The van der Waals surface area contributed by atoms with E-state index in [4.69, 9.17) is 4.74 Å². The van der Waals surface area contributed by atoms with E-state index in [1.54, 1.807) is 0 Å². The van der Waals surface area contributed by atoms with Gasteiger partial charge in [-0.25, -0.2) is 0 Å². The molecule has 0 bridgehead atoms.